The predicted molar refractivity (Wildman–Crippen MR) is 101 cm³/mol. The summed E-state index contributed by atoms with van der Waals surface area (Å²) in [5, 5.41) is 0. The largest absolute Gasteiger partial charge is 0.309 e. The zero-order valence-corrected chi connectivity index (χ0v) is 17.2. The summed E-state index contributed by atoms with van der Waals surface area (Å²) in [6.45, 7) is 15.4. The minimum absolute atomic E-state index is 0.372. The summed E-state index contributed by atoms with van der Waals surface area (Å²) in [5.41, 5.74) is 0.776. The molecule has 0 aliphatic rings. The second-order valence-corrected chi connectivity index (χ2v) is 8.77. The normalized spacial score (nSPS) is 19.5. The highest BCUT2D eigenvalue weighted by molar-refractivity contribution is 4.84. The van der Waals surface area contributed by atoms with E-state index in [2.05, 4.69) is 84.6 Å². The Labute approximate surface area is 141 Å². The van der Waals surface area contributed by atoms with E-state index in [1.54, 1.807) is 0 Å². The first kappa shape index (κ1) is 21.9. The van der Waals surface area contributed by atoms with Crippen LogP contribution in [0.25, 0.3) is 0 Å². The van der Waals surface area contributed by atoms with Gasteiger partial charge in [-0.3, -0.25) is 0 Å². The minimum atomic E-state index is 0.372. The maximum atomic E-state index is 2.58. The predicted octanol–water partition coefficient (Wildman–Crippen LogP) is 3.65. The van der Waals surface area contributed by atoms with E-state index >= 15 is 0 Å². The Balaban J connectivity index is 4.73. The fourth-order valence-corrected chi connectivity index (χ4v) is 3.75. The summed E-state index contributed by atoms with van der Waals surface area (Å²) < 4.78 is 0. The van der Waals surface area contributed by atoms with E-state index in [1.807, 2.05) is 0 Å². The number of hydrogen-bond acceptors (Lipinski definition) is 3. The lowest BCUT2D eigenvalue weighted by Gasteiger charge is -2.41. The van der Waals surface area contributed by atoms with E-state index in [4.69, 9.17) is 0 Å². The van der Waals surface area contributed by atoms with Crippen molar-refractivity contribution < 1.29 is 0 Å². The summed E-state index contributed by atoms with van der Waals surface area (Å²) in [6, 6.07) is 0.623. The third kappa shape index (κ3) is 7.94. The standard InChI is InChI=1S/C19H43N3/c1-11-18(4,14-20(6)7)13-17(3)22(10)16-19(5,12-2)15-21(8)9/h17H,11-16H2,1-10H3. The van der Waals surface area contributed by atoms with Crippen molar-refractivity contribution in [3.63, 3.8) is 0 Å². The van der Waals surface area contributed by atoms with Crippen molar-refractivity contribution >= 4 is 0 Å². The summed E-state index contributed by atoms with van der Waals surface area (Å²) in [6.07, 6.45) is 3.73. The van der Waals surface area contributed by atoms with Gasteiger partial charge in [-0.25, -0.2) is 0 Å². The molecule has 0 amide bonds. The van der Waals surface area contributed by atoms with Crippen LogP contribution in [-0.4, -0.2) is 75.6 Å². The molecule has 0 aromatic rings. The Kier molecular flexibility index (Phi) is 9.19. The van der Waals surface area contributed by atoms with E-state index < -0.39 is 0 Å². The van der Waals surface area contributed by atoms with Crippen molar-refractivity contribution in [1.82, 2.24) is 14.7 Å². The second kappa shape index (κ2) is 9.24. The molecule has 0 saturated carbocycles. The molecule has 0 bridgehead atoms. The number of nitrogens with zero attached hydrogens (tertiary/aromatic N) is 3. The minimum Gasteiger partial charge on any atom is -0.309 e. The monoisotopic (exact) mass is 313 g/mol. The maximum absolute atomic E-state index is 2.58. The molecular formula is C19H43N3. The van der Waals surface area contributed by atoms with Crippen LogP contribution < -0.4 is 0 Å². The molecule has 0 fully saturated rings. The molecule has 3 nitrogen and oxygen atoms in total. The van der Waals surface area contributed by atoms with E-state index in [9.17, 15) is 0 Å². The third-order valence-electron chi connectivity index (χ3n) is 5.27. The van der Waals surface area contributed by atoms with Crippen molar-refractivity contribution in [1.29, 1.82) is 0 Å². The smallest absolute Gasteiger partial charge is 0.00697 e. The topological polar surface area (TPSA) is 9.72 Å². The van der Waals surface area contributed by atoms with Crippen molar-refractivity contribution in [3.8, 4) is 0 Å². The third-order valence-corrected chi connectivity index (χ3v) is 5.27. The van der Waals surface area contributed by atoms with Gasteiger partial charge in [0.25, 0.3) is 0 Å². The average molecular weight is 314 g/mol. The summed E-state index contributed by atoms with van der Waals surface area (Å²) in [7, 11) is 11.0. The molecule has 3 heteroatoms. The molecule has 0 heterocycles. The molecule has 0 radical (unpaired) electrons. The van der Waals surface area contributed by atoms with Crippen molar-refractivity contribution in [3.05, 3.63) is 0 Å². The zero-order valence-electron chi connectivity index (χ0n) is 17.2. The fourth-order valence-electron chi connectivity index (χ4n) is 3.75. The van der Waals surface area contributed by atoms with Gasteiger partial charge in [0, 0.05) is 25.7 Å². The van der Waals surface area contributed by atoms with Gasteiger partial charge < -0.3 is 14.7 Å². The van der Waals surface area contributed by atoms with Gasteiger partial charge in [0.15, 0.2) is 0 Å². The van der Waals surface area contributed by atoms with E-state index in [1.165, 1.54) is 32.4 Å². The molecule has 134 valence electrons. The highest BCUT2D eigenvalue weighted by Gasteiger charge is 2.30. The molecule has 3 atom stereocenters. The van der Waals surface area contributed by atoms with Gasteiger partial charge in [-0.05, 0) is 72.3 Å². The van der Waals surface area contributed by atoms with Gasteiger partial charge in [-0.1, -0.05) is 27.7 Å². The molecule has 3 unspecified atom stereocenters. The second-order valence-electron chi connectivity index (χ2n) is 8.77. The van der Waals surface area contributed by atoms with Gasteiger partial charge >= 0.3 is 0 Å². The van der Waals surface area contributed by atoms with Crippen molar-refractivity contribution in [2.45, 2.75) is 59.9 Å². The van der Waals surface area contributed by atoms with Crippen LogP contribution in [0.1, 0.15) is 53.9 Å². The van der Waals surface area contributed by atoms with Crippen LogP contribution in [0.2, 0.25) is 0 Å². The highest BCUT2D eigenvalue weighted by atomic mass is 15.2. The lowest BCUT2D eigenvalue weighted by Crippen LogP contribution is -2.45. The Morgan fingerprint density at radius 3 is 1.50 bits per heavy atom. The first-order valence-corrected chi connectivity index (χ1v) is 8.96. The summed E-state index contributed by atoms with van der Waals surface area (Å²) in [4.78, 5) is 7.24. The Morgan fingerprint density at radius 2 is 1.14 bits per heavy atom. The molecule has 0 N–H and O–H groups in total. The van der Waals surface area contributed by atoms with Crippen LogP contribution >= 0.6 is 0 Å². The molecule has 0 spiro atoms. The van der Waals surface area contributed by atoms with E-state index in [-0.39, 0.29) is 0 Å². The van der Waals surface area contributed by atoms with Crippen molar-refractivity contribution in [2.24, 2.45) is 10.8 Å². The maximum Gasteiger partial charge on any atom is 0.00697 e. The highest BCUT2D eigenvalue weighted by Crippen LogP contribution is 2.31. The number of rotatable bonds is 11. The first-order chi connectivity index (χ1) is 9.97. The zero-order chi connectivity index (χ0) is 17.6. The SMILES string of the molecule is CCC(C)(CC(C)N(C)CC(C)(CC)CN(C)C)CN(C)C. The van der Waals surface area contributed by atoms with E-state index in [0.29, 0.717) is 16.9 Å². The van der Waals surface area contributed by atoms with Crippen LogP contribution in [-0.2, 0) is 0 Å². The molecule has 22 heavy (non-hydrogen) atoms. The molecule has 0 saturated heterocycles. The molecule has 0 aromatic carbocycles. The molecular weight excluding hydrogens is 270 g/mol. The van der Waals surface area contributed by atoms with Crippen LogP contribution in [0, 0.1) is 10.8 Å². The van der Waals surface area contributed by atoms with Gasteiger partial charge in [-0.15, -0.1) is 0 Å². The van der Waals surface area contributed by atoms with Crippen LogP contribution in [0.5, 0.6) is 0 Å². The van der Waals surface area contributed by atoms with Gasteiger partial charge in [0.05, 0.1) is 0 Å². The lowest BCUT2D eigenvalue weighted by atomic mass is 9.80. The van der Waals surface area contributed by atoms with E-state index in [0.717, 1.165) is 6.54 Å². The Bertz CT molecular complexity index is 273. The van der Waals surface area contributed by atoms with Crippen LogP contribution in [0.4, 0.5) is 0 Å². The summed E-state index contributed by atoms with van der Waals surface area (Å²) >= 11 is 0. The van der Waals surface area contributed by atoms with Crippen LogP contribution in [0.15, 0.2) is 0 Å². The van der Waals surface area contributed by atoms with Gasteiger partial charge in [0.1, 0.15) is 0 Å². The summed E-state index contributed by atoms with van der Waals surface area (Å²) in [5.74, 6) is 0. The Morgan fingerprint density at radius 1 is 0.727 bits per heavy atom. The van der Waals surface area contributed by atoms with Gasteiger partial charge in [0.2, 0.25) is 0 Å². The van der Waals surface area contributed by atoms with Crippen LogP contribution in [0.3, 0.4) is 0 Å². The molecule has 0 rings (SSSR count). The van der Waals surface area contributed by atoms with Gasteiger partial charge in [-0.2, -0.15) is 0 Å². The fraction of sp³-hybridized carbons (Fsp3) is 1.00. The lowest BCUT2D eigenvalue weighted by molar-refractivity contribution is 0.0852. The average Bonchev–Trinajstić information content (AvgIpc) is 2.36. The van der Waals surface area contributed by atoms with Crippen molar-refractivity contribution in [2.75, 3.05) is 54.9 Å². The first-order valence-electron chi connectivity index (χ1n) is 8.96. The molecule has 0 aliphatic heterocycles. The molecule has 0 aliphatic carbocycles. The Hall–Kier alpha value is -0.120. The number of hydrogen-bond donors (Lipinski definition) is 0. The quantitative estimate of drug-likeness (QED) is 0.576. The molecule has 0 aromatic heterocycles.